The second-order valence-electron chi connectivity index (χ2n) is 3.39. The molecule has 0 saturated heterocycles. The zero-order valence-electron chi connectivity index (χ0n) is 6.68. The number of rotatable bonds is 2. The lowest BCUT2D eigenvalue weighted by molar-refractivity contribution is 0.372. The Labute approximate surface area is 59.8 Å². The van der Waals surface area contributed by atoms with Crippen molar-refractivity contribution >= 4 is 14.8 Å². The Morgan fingerprint density at radius 3 is 2.00 bits per heavy atom. The highest BCUT2D eigenvalue weighted by molar-refractivity contribution is 7.85. The first-order chi connectivity index (χ1) is 3.95. The van der Waals surface area contributed by atoms with Crippen molar-refractivity contribution in [2.24, 2.45) is 0 Å². The van der Waals surface area contributed by atoms with Crippen molar-refractivity contribution in [3.05, 3.63) is 0 Å². The highest BCUT2D eigenvalue weighted by Crippen LogP contribution is 2.37. The summed E-state index contributed by atoms with van der Waals surface area (Å²) in [4.78, 5) is 0. The van der Waals surface area contributed by atoms with Crippen LogP contribution in [0.3, 0.4) is 0 Å². The molecule has 1 radical (unpaired) electrons. The molecule has 0 saturated carbocycles. The predicted molar refractivity (Wildman–Crippen MR) is 45.4 cm³/mol. The van der Waals surface area contributed by atoms with Crippen molar-refractivity contribution < 1.29 is 5.11 Å². The highest BCUT2D eigenvalue weighted by atomic mass is 31.1. The van der Waals surface area contributed by atoms with E-state index in [1.165, 1.54) is 0 Å². The molecule has 1 unspecified atom stereocenters. The maximum absolute atomic E-state index is 8.70. The molecule has 0 aromatic carbocycles. The lowest BCUT2D eigenvalue weighted by atomic mass is 9.73. The fourth-order valence-electron chi connectivity index (χ4n) is 0.702. The summed E-state index contributed by atoms with van der Waals surface area (Å²) < 4.78 is 0. The Hall–Kier alpha value is 0.455. The molecule has 0 aliphatic heterocycles. The molecule has 0 aliphatic carbocycles. The van der Waals surface area contributed by atoms with E-state index in [1.54, 1.807) is 0 Å². The largest absolute Gasteiger partial charge is 0.393 e. The smallest absolute Gasteiger partial charge is 0.155 e. The Balaban J connectivity index is 3.47. The van der Waals surface area contributed by atoms with E-state index in [1.807, 2.05) is 0 Å². The minimum atomic E-state index is -0.236. The third kappa shape index (κ3) is 6.34. The summed E-state index contributed by atoms with van der Waals surface area (Å²) >= 11 is 0. The van der Waals surface area contributed by atoms with Gasteiger partial charge in [0.05, 0.1) is 6.35 Å². The number of aliphatic hydroxyl groups excluding tert-OH is 1. The first-order valence-corrected chi connectivity index (χ1v) is 5.17. The number of hydrogen-bond acceptors (Lipinski definition) is 1. The SMILES string of the molecule is CP([B]C(C)(C)C)CO. The lowest BCUT2D eigenvalue weighted by Gasteiger charge is -2.20. The molecular weight excluding hydrogens is 130 g/mol. The lowest BCUT2D eigenvalue weighted by Crippen LogP contribution is -2.07. The second-order valence-corrected chi connectivity index (χ2v) is 5.45. The van der Waals surface area contributed by atoms with Gasteiger partial charge in [0.15, 0.2) is 7.00 Å². The van der Waals surface area contributed by atoms with E-state index in [0.717, 1.165) is 0 Å². The molecule has 0 rings (SSSR count). The Bertz CT molecular complexity index is 79.6. The van der Waals surface area contributed by atoms with Crippen LogP contribution in [0.4, 0.5) is 0 Å². The molecule has 0 aromatic heterocycles. The summed E-state index contributed by atoms with van der Waals surface area (Å²) in [5, 5.41) is 8.96. The zero-order valence-corrected chi connectivity index (χ0v) is 7.57. The van der Waals surface area contributed by atoms with E-state index < -0.39 is 0 Å². The third-order valence-electron chi connectivity index (χ3n) is 0.831. The fourth-order valence-corrected chi connectivity index (χ4v) is 2.11. The van der Waals surface area contributed by atoms with E-state index in [4.69, 9.17) is 5.11 Å². The monoisotopic (exact) mass is 145 g/mol. The second kappa shape index (κ2) is 3.58. The van der Waals surface area contributed by atoms with Gasteiger partial charge in [-0.2, -0.15) is 0 Å². The van der Waals surface area contributed by atoms with Gasteiger partial charge in [-0.1, -0.05) is 32.8 Å². The molecule has 1 atom stereocenters. The summed E-state index contributed by atoms with van der Waals surface area (Å²) in [5.74, 6) is 0. The van der Waals surface area contributed by atoms with Crippen LogP contribution < -0.4 is 0 Å². The quantitative estimate of drug-likeness (QED) is 0.464. The summed E-state index contributed by atoms with van der Waals surface area (Å²) in [7, 11) is -0.236. The van der Waals surface area contributed by atoms with Crippen molar-refractivity contribution in [2.45, 2.75) is 26.1 Å². The van der Waals surface area contributed by atoms with Gasteiger partial charge < -0.3 is 5.11 Å². The normalized spacial score (nSPS) is 15.2. The number of hydrogen-bond donors (Lipinski definition) is 1. The maximum atomic E-state index is 8.70. The number of aliphatic hydroxyl groups is 1. The van der Waals surface area contributed by atoms with E-state index in [0.29, 0.717) is 6.35 Å². The average Bonchev–Trinajstić information content (AvgIpc) is 1.62. The van der Waals surface area contributed by atoms with Gasteiger partial charge in [0.25, 0.3) is 0 Å². The van der Waals surface area contributed by atoms with Crippen molar-refractivity contribution in [1.29, 1.82) is 0 Å². The predicted octanol–water partition coefficient (Wildman–Crippen LogP) is 1.89. The molecular formula is C6H15BOP. The minimum absolute atomic E-state index is 0.236. The average molecular weight is 145 g/mol. The zero-order chi connectivity index (χ0) is 7.49. The van der Waals surface area contributed by atoms with Crippen molar-refractivity contribution in [2.75, 3.05) is 13.0 Å². The van der Waals surface area contributed by atoms with Gasteiger partial charge in [-0.25, -0.2) is 0 Å². The molecule has 0 aliphatic rings. The first-order valence-electron chi connectivity index (χ1n) is 3.13. The molecule has 9 heavy (non-hydrogen) atoms. The maximum Gasteiger partial charge on any atom is 0.155 e. The fraction of sp³-hybridized carbons (Fsp3) is 1.00. The van der Waals surface area contributed by atoms with Crippen LogP contribution in [0.5, 0.6) is 0 Å². The first kappa shape index (κ1) is 9.45. The molecule has 0 spiro atoms. The van der Waals surface area contributed by atoms with E-state index in [9.17, 15) is 0 Å². The van der Waals surface area contributed by atoms with Gasteiger partial charge >= 0.3 is 0 Å². The van der Waals surface area contributed by atoms with Gasteiger partial charge in [0, 0.05) is 0 Å². The molecule has 0 amide bonds. The molecule has 3 heteroatoms. The minimum Gasteiger partial charge on any atom is -0.393 e. The van der Waals surface area contributed by atoms with E-state index in [-0.39, 0.29) is 13.1 Å². The summed E-state index contributed by atoms with van der Waals surface area (Å²) in [6, 6.07) is 0. The Morgan fingerprint density at radius 1 is 1.44 bits per heavy atom. The van der Waals surface area contributed by atoms with E-state index >= 15 is 0 Å². The van der Waals surface area contributed by atoms with Crippen LogP contribution in [0.15, 0.2) is 0 Å². The molecule has 0 aromatic rings. The van der Waals surface area contributed by atoms with Gasteiger partial charge in [-0.15, -0.1) is 7.80 Å². The Morgan fingerprint density at radius 2 is 1.89 bits per heavy atom. The van der Waals surface area contributed by atoms with Crippen LogP contribution in [0, 0.1) is 0 Å². The van der Waals surface area contributed by atoms with Gasteiger partial charge in [-0.05, 0) is 0 Å². The summed E-state index contributed by atoms with van der Waals surface area (Å²) in [6.45, 7) is 10.8. The van der Waals surface area contributed by atoms with Crippen LogP contribution in [-0.2, 0) is 0 Å². The molecule has 1 N–H and O–H groups in total. The summed E-state index contributed by atoms with van der Waals surface area (Å²) in [6.07, 6.45) is 0.326. The van der Waals surface area contributed by atoms with Crippen LogP contribution >= 0.6 is 7.80 Å². The van der Waals surface area contributed by atoms with Gasteiger partial charge in [-0.3, -0.25) is 0 Å². The van der Waals surface area contributed by atoms with Crippen LogP contribution in [0.25, 0.3) is 0 Å². The van der Waals surface area contributed by atoms with Gasteiger partial charge in [0.1, 0.15) is 0 Å². The van der Waals surface area contributed by atoms with Crippen molar-refractivity contribution in [3.63, 3.8) is 0 Å². The van der Waals surface area contributed by atoms with Crippen molar-refractivity contribution in [3.8, 4) is 0 Å². The Kier molecular flexibility index (Phi) is 3.76. The molecule has 0 bridgehead atoms. The topological polar surface area (TPSA) is 20.2 Å². The van der Waals surface area contributed by atoms with Crippen LogP contribution in [0.1, 0.15) is 20.8 Å². The molecule has 0 heterocycles. The molecule has 1 nitrogen and oxygen atoms in total. The van der Waals surface area contributed by atoms with Crippen LogP contribution in [0.2, 0.25) is 5.31 Å². The standard InChI is InChI=1S/C6H15BOP/c1-6(2,3)7-9(4)5-8/h8H,5H2,1-4H3. The highest BCUT2D eigenvalue weighted by Gasteiger charge is 2.15. The molecule has 0 fully saturated rings. The van der Waals surface area contributed by atoms with Crippen LogP contribution in [-0.4, -0.2) is 25.1 Å². The third-order valence-corrected chi connectivity index (χ3v) is 2.49. The van der Waals surface area contributed by atoms with Crippen molar-refractivity contribution in [1.82, 2.24) is 0 Å². The van der Waals surface area contributed by atoms with Gasteiger partial charge in [0.2, 0.25) is 0 Å². The summed E-state index contributed by atoms with van der Waals surface area (Å²) in [5.41, 5.74) is 0. The molecule has 53 valence electrons. The van der Waals surface area contributed by atoms with E-state index in [2.05, 4.69) is 34.4 Å².